The van der Waals surface area contributed by atoms with Crippen LogP contribution in [-0.2, 0) is 16.0 Å². The van der Waals surface area contributed by atoms with Crippen molar-refractivity contribution in [2.75, 3.05) is 5.75 Å². The van der Waals surface area contributed by atoms with Crippen molar-refractivity contribution in [2.24, 2.45) is 0 Å². The van der Waals surface area contributed by atoms with E-state index in [1.807, 2.05) is 0 Å². The van der Waals surface area contributed by atoms with Crippen LogP contribution in [0.5, 0.6) is 0 Å². The van der Waals surface area contributed by atoms with Crippen LogP contribution in [0.25, 0.3) is 27.8 Å². The van der Waals surface area contributed by atoms with Gasteiger partial charge in [-0.25, -0.2) is 17.8 Å². The number of aromatic nitrogens is 3. The summed E-state index contributed by atoms with van der Waals surface area (Å²) in [5.74, 6) is -1.15. The molecule has 6 nitrogen and oxygen atoms in total. The van der Waals surface area contributed by atoms with Gasteiger partial charge in [-0.05, 0) is 48.5 Å². The number of alkyl halides is 3. The molecule has 0 atom stereocenters. The highest BCUT2D eigenvalue weighted by atomic mass is 32.2. The second kappa shape index (κ2) is 8.07. The molecule has 0 radical (unpaired) electrons. The third-order valence-corrected chi connectivity index (χ3v) is 6.76. The van der Waals surface area contributed by atoms with Crippen LogP contribution in [0.15, 0.2) is 70.5 Å². The smallest absolute Gasteiger partial charge is 0.267 e. The van der Waals surface area contributed by atoms with Crippen molar-refractivity contribution in [1.29, 1.82) is 0 Å². The van der Waals surface area contributed by atoms with Gasteiger partial charge in [0, 0.05) is 10.9 Å². The maximum absolute atomic E-state index is 13.3. The molecule has 2 heterocycles. The Morgan fingerprint density at radius 3 is 2.33 bits per heavy atom. The Kier molecular flexibility index (Phi) is 5.52. The summed E-state index contributed by atoms with van der Waals surface area (Å²) in [4.78, 5) is 17.1. The zero-order chi connectivity index (χ0) is 24.0. The van der Waals surface area contributed by atoms with Gasteiger partial charge in [-0.2, -0.15) is 23.0 Å². The molecule has 0 fully saturated rings. The predicted octanol–water partition coefficient (Wildman–Crippen LogP) is 4.40. The van der Waals surface area contributed by atoms with E-state index in [1.54, 1.807) is 0 Å². The number of pyridine rings is 1. The lowest BCUT2D eigenvalue weighted by Gasteiger charge is -2.13. The Morgan fingerprint density at radius 2 is 1.70 bits per heavy atom. The first-order valence-electron chi connectivity index (χ1n) is 9.60. The summed E-state index contributed by atoms with van der Waals surface area (Å²) in [5, 5.41) is 3.82. The maximum atomic E-state index is 13.3. The van der Waals surface area contributed by atoms with Crippen LogP contribution in [0.3, 0.4) is 0 Å². The standard InChI is InChI=1S/C22H15F4N3O3S/c1-2-33(31,32)19-10-9-18(13-4-7-16(23)8-5-13)28-20(19)29-21(30)17-11-15(22(24,25)26)6-3-14(17)12-27-29/h3-12H,2H2,1H3. The van der Waals surface area contributed by atoms with Crippen LogP contribution in [0.4, 0.5) is 17.6 Å². The summed E-state index contributed by atoms with van der Waals surface area (Å²) < 4.78 is 78.8. The molecule has 4 rings (SSSR count). The monoisotopic (exact) mass is 477 g/mol. The van der Waals surface area contributed by atoms with Crippen molar-refractivity contribution in [3.8, 4) is 17.1 Å². The van der Waals surface area contributed by atoms with Gasteiger partial charge in [0.2, 0.25) is 0 Å². The van der Waals surface area contributed by atoms with Crippen LogP contribution < -0.4 is 5.56 Å². The molecule has 11 heteroatoms. The Hall–Kier alpha value is -3.60. The number of hydrogen-bond acceptors (Lipinski definition) is 5. The fourth-order valence-corrected chi connectivity index (χ4v) is 4.23. The predicted molar refractivity (Wildman–Crippen MR) is 113 cm³/mol. The Bertz CT molecular complexity index is 1530. The zero-order valence-electron chi connectivity index (χ0n) is 17.0. The summed E-state index contributed by atoms with van der Waals surface area (Å²) in [5.41, 5.74) is -1.33. The molecule has 0 aliphatic heterocycles. The van der Waals surface area contributed by atoms with Gasteiger partial charge in [0.05, 0.1) is 28.6 Å². The molecular formula is C22H15F4N3O3S. The van der Waals surface area contributed by atoms with Crippen LogP contribution in [0.1, 0.15) is 12.5 Å². The fourth-order valence-electron chi connectivity index (χ4n) is 3.23. The van der Waals surface area contributed by atoms with E-state index in [9.17, 15) is 30.8 Å². The highest BCUT2D eigenvalue weighted by Crippen LogP contribution is 2.31. The molecule has 0 saturated carbocycles. The minimum Gasteiger partial charge on any atom is -0.267 e. The van der Waals surface area contributed by atoms with E-state index < -0.39 is 33.0 Å². The molecule has 0 bridgehead atoms. The lowest BCUT2D eigenvalue weighted by molar-refractivity contribution is -0.137. The molecular weight excluding hydrogens is 462 g/mol. The number of benzene rings is 2. The van der Waals surface area contributed by atoms with Crippen molar-refractivity contribution in [1.82, 2.24) is 14.8 Å². The maximum Gasteiger partial charge on any atom is 0.416 e. The van der Waals surface area contributed by atoms with Crippen LogP contribution >= 0.6 is 0 Å². The largest absolute Gasteiger partial charge is 0.416 e. The number of fused-ring (bicyclic) bond motifs is 1. The molecule has 2 aromatic heterocycles. The first-order chi connectivity index (χ1) is 15.5. The van der Waals surface area contributed by atoms with Gasteiger partial charge in [0.15, 0.2) is 15.7 Å². The van der Waals surface area contributed by atoms with Gasteiger partial charge in [-0.3, -0.25) is 4.79 Å². The van der Waals surface area contributed by atoms with Crippen LogP contribution in [0, 0.1) is 5.82 Å². The molecule has 170 valence electrons. The first-order valence-corrected chi connectivity index (χ1v) is 11.3. The lowest BCUT2D eigenvalue weighted by atomic mass is 10.1. The van der Waals surface area contributed by atoms with E-state index in [2.05, 4.69) is 10.1 Å². The van der Waals surface area contributed by atoms with E-state index in [1.165, 1.54) is 43.3 Å². The van der Waals surface area contributed by atoms with Gasteiger partial charge >= 0.3 is 6.18 Å². The summed E-state index contributed by atoms with van der Waals surface area (Å²) >= 11 is 0. The van der Waals surface area contributed by atoms with E-state index in [0.717, 1.165) is 18.3 Å². The SMILES string of the molecule is CCS(=O)(=O)c1ccc(-c2ccc(F)cc2)nc1-n1ncc2ccc(C(F)(F)F)cc2c1=O. The second-order valence-electron chi connectivity index (χ2n) is 7.09. The van der Waals surface area contributed by atoms with Crippen molar-refractivity contribution < 1.29 is 26.0 Å². The average Bonchev–Trinajstić information content (AvgIpc) is 2.78. The van der Waals surface area contributed by atoms with Crippen LogP contribution in [-0.4, -0.2) is 28.9 Å². The number of rotatable bonds is 4. The molecule has 0 aliphatic carbocycles. The molecule has 0 spiro atoms. The third-order valence-electron chi connectivity index (χ3n) is 5.01. The van der Waals surface area contributed by atoms with Gasteiger partial charge in [-0.15, -0.1) is 0 Å². The van der Waals surface area contributed by atoms with Gasteiger partial charge in [-0.1, -0.05) is 13.0 Å². The van der Waals surface area contributed by atoms with Crippen molar-refractivity contribution in [3.05, 3.63) is 82.5 Å². The minimum atomic E-state index is -4.67. The number of nitrogens with zero attached hydrogens (tertiary/aromatic N) is 3. The molecule has 4 aromatic rings. The first kappa shape index (κ1) is 22.6. The summed E-state index contributed by atoms with van der Waals surface area (Å²) in [6.07, 6.45) is -3.52. The molecule has 0 aliphatic rings. The summed E-state index contributed by atoms with van der Waals surface area (Å²) in [6.45, 7) is 1.40. The molecule has 2 aromatic carbocycles. The van der Waals surface area contributed by atoms with E-state index in [-0.39, 0.29) is 32.9 Å². The number of halogens is 4. The molecule has 0 N–H and O–H groups in total. The minimum absolute atomic E-state index is 0.152. The van der Waals surface area contributed by atoms with Crippen molar-refractivity contribution in [2.45, 2.75) is 18.0 Å². The quantitative estimate of drug-likeness (QED) is 0.407. The van der Waals surface area contributed by atoms with E-state index in [4.69, 9.17) is 0 Å². The molecule has 0 unspecified atom stereocenters. The van der Waals surface area contributed by atoms with Crippen LogP contribution in [0.2, 0.25) is 0 Å². The number of hydrogen-bond donors (Lipinski definition) is 0. The highest BCUT2D eigenvalue weighted by Gasteiger charge is 2.31. The van der Waals surface area contributed by atoms with Gasteiger partial charge < -0.3 is 0 Å². The fraction of sp³-hybridized carbons (Fsp3) is 0.136. The molecule has 0 saturated heterocycles. The van der Waals surface area contributed by atoms with E-state index >= 15 is 0 Å². The third kappa shape index (κ3) is 4.23. The Morgan fingerprint density at radius 1 is 1.00 bits per heavy atom. The topological polar surface area (TPSA) is 81.9 Å². The van der Waals surface area contributed by atoms with E-state index in [0.29, 0.717) is 16.3 Å². The lowest BCUT2D eigenvalue weighted by Crippen LogP contribution is -2.25. The summed E-state index contributed by atoms with van der Waals surface area (Å²) in [6, 6.07) is 10.5. The average molecular weight is 477 g/mol. The Balaban J connectivity index is 2.01. The zero-order valence-corrected chi connectivity index (χ0v) is 17.8. The normalized spacial score (nSPS) is 12.3. The van der Waals surface area contributed by atoms with Crippen molar-refractivity contribution in [3.63, 3.8) is 0 Å². The molecule has 33 heavy (non-hydrogen) atoms. The second-order valence-corrected chi connectivity index (χ2v) is 9.34. The van der Waals surface area contributed by atoms with Crippen molar-refractivity contribution >= 4 is 20.6 Å². The molecule has 0 amide bonds. The highest BCUT2D eigenvalue weighted by molar-refractivity contribution is 7.91. The van der Waals surface area contributed by atoms with Gasteiger partial charge in [0.25, 0.3) is 5.56 Å². The number of sulfone groups is 1. The van der Waals surface area contributed by atoms with Gasteiger partial charge in [0.1, 0.15) is 10.7 Å². The summed E-state index contributed by atoms with van der Waals surface area (Å²) in [7, 11) is -3.89. The Labute approximate surface area is 185 Å².